The van der Waals surface area contributed by atoms with Crippen molar-refractivity contribution in [1.29, 1.82) is 0 Å². The van der Waals surface area contributed by atoms with Gasteiger partial charge in [-0.05, 0) is 49.6 Å². The predicted octanol–water partition coefficient (Wildman–Crippen LogP) is 5.06. The minimum Gasteiger partial charge on any atom is -0.495 e. The molecule has 6 heteroatoms. The van der Waals surface area contributed by atoms with Crippen molar-refractivity contribution in [2.45, 2.75) is 32.1 Å². The van der Waals surface area contributed by atoms with Crippen LogP contribution in [0, 0.1) is 0 Å². The molecular formula is C24H23BrN2O3. The van der Waals surface area contributed by atoms with Gasteiger partial charge < -0.3 is 15.4 Å². The molecule has 2 aliphatic rings. The summed E-state index contributed by atoms with van der Waals surface area (Å²) in [6.45, 7) is 1.89. The Bertz CT molecular complexity index is 1070. The van der Waals surface area contributed by atoms with Crippen molar-refractivity contribution in [3.05, 3.63) is 81.1 Å². The summed E-state index contributed by atoms with van der Waals surface area (Å²) in [5, 5.41) is 6.32. The second-order valence-corrected chi connectivity index (χ2v) is 8.39. The maximum atomic E-state index is 13.5. The Labute approximate surface area is 184 Å². The quantitative estimate of drug-likeness (QED) is 0.660. The summed E-state index contributed by atoms with van der Waals surface area (Å²) in [7, 11) is 1.57. The van der Waals surface area contributed by atoms with E-state index in [4.69, 9.17) is 4.74 Å². The second-order valence-electron chi connectivity index (χ2n) is 7.47. The van der Waals surface area contributed by atoms with Gasteiger partial charge in [0.25, 0.3) is 5.91 Å². The number of allylic oxidation sites excluding steroid dienone is 3. The predicted molar refractivity (Wildman–Crippen MR) is 120 cm³/mol. The number of dihydropyridines is 1. The number of nitrogens with one attached hydrogen (secondary N) is 2. The highest BCUT2D eigenvalue weighted by Crippen LogP contribution is 2.42. The molecule has 0 unspecified atom stereocenters. The number of ketones is 1. The fraction of sp³-hybridized carbons (Fsp3) is 0.250. The topological polar surface area (TPSA) is 67.4 Å². The molecule has 5 nitrogen and oxygen atoms in total. The Hall–Kier alpha value is -2.86. The van der Waals surface area contributed by atoms with Gasteiger partial charge in [0.05, 0.1) is 12.8 Å². The zero-order valence-corrected chi connectivity index (χ0v) is 18.5. The molecule has 154 valence electrons. The molecule has 2 aromatic rings. The van der Waals surface area contributed by atoms with Gasteiger partial charge in [-0.2, -0.15) is 0 Å². The van der Waals surface area contributed by atoms with E-state index in [1.165, 1.54) is 0 Å². The molecule has 0 bridgehead atoms. The van der Waals surface area contributed by atoms with Crippen molar-refractivity contribution in [2.24, 2.45) is 0 Å². The fourth-order valence-corrected chi connectivity index (χ4v) is 4.47. The number of carbonyl (C=O) groups is 2. The molecular weight excluding hydrogens is 444 g/mol. The summed E-state index contributed by atoms with van der Waals surface area (Å²) in [5.74, 6) is 0.0349. The van der Waals surface area contributed by atoms with Crippen LogP contribution in [-0.4, -0.2) is 18.8 Å². The number of para-hydroxylation sites is 2. The van der Waals surface area contributed by atoms with Gasteiger partial charge in [0.15, 0.2) is 5.78 Å². The van der Waals surface area contributed by atoms with Crippen molar-refractivity contribution in [3.63, 3.8) is 0 Å². The highest BCUT2D eigenvalue weighted by molar-refractivity contribution is 9.10. The number of methoxy groups -OCH3 is 1. The van der Waals surface area contributed by atoms with Crippen LogP contribution in [-0.2, 0) is 9.59 Å². The number of hydrogen-bond acceptors (Lipinski definition) is 4. The Morgan fingerprint density at radius 3 is 2.60 bits per heavy atom. The van der Waals surface area contributed by atoms with E-state index in [1.807, 2.05) is 43.3 Å². The first kappa shape index (κ1) is 20.4. The molecule has 0 saturated carbocycles. The normalized spacial score (nSPS) is 18.6. The number of benzene rings is 2. The summed E-state index contributed by atoms with van der Waals surface area (Å²) in [4.78, 5) is 26.4. The van der Waals surface area contributed by atoms with Crippen LogP contribution in [0.4, 0.5) is 5.69 Å². The van der Waals surface area contributed by atoms with Gasteiger partial charge in [-0.3, -0.25) is 9.59 Å². The van der Waals surface area contributed by atoms with E-state index in [0.717, 1.165) is 34.3 Å². The highest BCUT2D eigenvalue weighted by atomic mass is 79.9. The number of carbonyl (C=O) groups excluding carboxylic acids is 2. The van der Waals surface area contributed by atoms with Crippen LogP contribution in [0.2, 0.25) is 0 Å². The number of Topliss-reactive ketones (excluding diaryl/α,β-unsaturated/α-hetero) is 1. The van der Waals surface area contributed by atoms with Gasteiger partial charge in [-0.1, -0.05) is 40.2 Å². The van der Waals surface area contributed by atoms with E-state index < -0.39 is 5.92 Å². The summed E-state index contributed by atoms with van der Waals surface area (Å²) in [6, 6.07) is 15.1. The Kier molecular flexibility index (Phi) is 5.77. The van der Waals surface area contributed by atoms with Crippen molar-refractivity contribution < 1.29 is 14.3 Å². The van der Waals surface area contributed by atoms with Crippen molar-refractivity contribution in [2.75, 3.05) is 12.4 Å². The lowest BCUT2D eigenvalue weighted by molar-refractivity contribution is -0.116. The molecule has 0 spiro atoms. The van der Waals surface area contributed by atoms with Crippen molar-refractivity contribution in [3.8, 4) is 5.75 Å². The standard InChI is InChI=1S/C24H23BrN2O3/c1-14-21(24(29)27-17-6-3-4-9-20(17)30-2)22(15-10-12-16(25)13-11-15)23-18(26-14)7-5-8-19(23)28/h3-4,6,9-13,22,26H,5,7-8H2,1-2H3,(H,27,29)/t22-/m1/s1. The van der Waals surface area contributed by atoms with Crippen LogP contribution in [0.25, 0.3) is 0 Å². The summed E-state index contributed by atoms with van der Waals surface area (Å²) in [6.07, 6.45) is 2.15. The molecule has 4 rings (SSSR count). The molecule has 2 N–H and O–H groups in total. The van der Waals surface area contributed by atoms with Gasteiger partial charge in [-0.25, -0.2) is 0 Å². The smallest absolute Gasteiger partial charge is 0.254 e. The van der Waals surface area contributed by atoms with E-state index in [2.05, 4.69) is 26.6 Å². The van der Waals surface area contributed by atoms with Crippen LogP contribution in [0.3, 0.4) is 0 Å². The average molecular weight is 467 g/mol. The summed E-state index contributed by atoms with van der Waals surface area (Å²) in [5.41, 5.74) is 4.48. The first-order valence-electron chi connectivity index (χ1n) is 9.93. The third-order valence-corrected chi connectivity index (χ3v) is 6.11. The van der Waals surface area contributed by atoms with Crippen LogP contribution in [0.15, 0.2) is 75.5 Å². The molecule has 1 amide bonds. The molecule has 1 atom stereocenters. The third-order valence-electron chi connectivity index (χ3n) is 5.58. The zero-order valence-electron chi connectivity index (χ0n) is 16.9. The Morgan fingerprint density at radius 1 is 1.13 bits per heavy atom. The minimum atomic E-state index is -0.406. The molecule has 0 aromatic heterocycles. The number of amides is 1. The SMILES string of the molecule is COc1ccccc1NC(=O)C1=C(C)NC2=C(C(=O)CCC2)[C@@H]1c1ccc(Br)cc1. The van der Waals surface area contributed by atoms with Crippen molar-refractivity contribution in [1.82, 2.24) is 5.32 Å². The van der Waals surface area contributed by atoms with Gasteiger partial charge in [0.1, 0.15) is 5.75 Å². The average Bonchev–Trinajstić information content (AvgIpc) is 2.74. The van der Waals surface area contributed by atoms with E-state index in [1.54, 1.807) is 19.2 Å². The first-order chi connectivity index (χ1) is 14.5. The lowest BCUT2D eigenvalue weighted by atomic mass is 9.75. The number of ether oxygens (including phenoxy) is 1. The summed E-state index contributed by atoms with van der Waals surface area (Å²) >= 11 is 3.47. The molecule has 0 saturated heterocycles. The molecule has 0 fully saturated rings. The number of anilines is 1. The van der Waals surface area contributed by atoms with Crippen LogP contribution in [0.5, 0.6) is 5.75 Å². The lowest BCUT2D eigenvalue weighted by Gasteiger charge is -2.34. The van der Waals surface area contributed by atoms with E-state index >= 15 is 0 Å². The van der Waals surface area contributed by atoms with Crippen LogP contribution in [0.1, 0.15) is 37.7 Å². The maximum absolute atomic E-state index is 13.5. The van der Waals surface area contributed by atoms with E-state index in [9.17, 15) is 9.59 Å². The molecule has 2 aromatic carbocycles. The van der Waals surface area contributed by atoms with Gasteiger partial charge >= 0.3 is 0 Å². The monoisotopic (exact) mass is 466 g/mol. The Morgan fingerprint density at radius 2 is 1.87 bits per heavy atom. The van der Waals surface area contributed by atoms with Gasteiger partial charge in [-0.15, -0.1) is 0 Å². The number of hydrogen-bond donors (Lipinski definition) is 2. The fourth-order valence-electron chi connectivity index (χ4n) is 4.21. The van der Waals surface area contributed by atoms with Gasteiger partial charge in [0.2, 0.25) is 0 Å². The number of halogens is 1. The largest absolute Gasteiger partial charge is 0.495 e. The van der Waals surface area contributed by atoms with Gasteiger partial charge in [0, 0.05) is 39.4 Å². The van der Waals surface area contributed by atoms with Crippen molar-refractivity contribution >= 4 is 33.3 Å². The third kappa shape index (κ3) is 3.79. The molecule has 1 aliphatic heterocycles. The molecule has 1 aliphatic carbocycles. The van der Waals surface area contributed by atoms with Crippen LogP contribution >= 0.6 is 15.9 Å². The second kappa shape index (κ2) is 8.48. The lowest BCUT2D eigenvalue weighted by Crippen LogP contribution is -2.35. The van der Waals surface area contributed by atoms with Crippen LogP contribution < -0.4 is 15.4 Å². The molecule has 1 heterocycles. The summed E-state index contributed by atoms with van der Waals surface area (Å²) < 4.78 is 6.32. The Balaban J connectivity index is 1.78. The number of rotatable bonds is 4. The highest BCUT2D eigenvalue weighted by Gasteiger charge is 2.38. The minimum absolute atomic E-state index is 0.103. The molecule has 30 heavy (non-hydrogen) atoms. The first-order valence-corrected chi connectivity index (χ1v) is 10.7. The molecule has 0 radical (unpaired) electrons. The maximum Gasteiger partial charge on any atom is 0.254 e. The zero-order chi connectivity index (χ0) is 21.3. The van der Waals surface area contributed by atoms with E-state index in [0.29, 0.717) is 29.0 Å². The van der Waals surface area contributed by atoms with E-state index in [-0.39, 0.29) is 11.7 Å².